The molecule has 0 spiro atoms. The number of benzene rings is 9. The third-order valence-corrected chi connectivity index (χ3v) is 11.6. The standard InChI is InChI=1S/C54H38N2/c1-3-18-38(19-4-1)53-45-27-9-11-29-47(45)54(48-30-12-10-28-46(48)53)39-33-34-52-49(35-39)44-26-13-14-31-51(44)56(52)42-24-16-23-41(36-42)55(40-21-5-2-6-22-40)50-32-15-20-37-17-7-8-25-43(37)50/h1-9,11-27,29-36H,10,28H2. The van der Waals surface area contributed by atoms with Crippen LogP contribution in [0.2, 0.25) is 0 Å². The molecule has 2 nitrogen and oxygen atoms in total. The molecule has 0 saturated carbocycles. The van der Waals surface area contributed by atoms with Crippen LogP contribution >= 0.6 is 0 Å². The second-order valence-electron chi connectivity index (χ2n) is 14.8. The van der Waals surface area contributed by atoms with E-state index in [-0.39, 0.29) is 0 Å². The number of allylic oxidation sites excluding steroid dienone is 1. The van der Waals surface area contributed by atoms with Crippen LogP contribution in [0.15, 0.2) is 200 Å². The van der Waals surface area contributed by atoms with E-state index in [9.17, 15) is 0 Å². The Hall–Kier alpha value is -7.16. The molecule has 0 fully saturated rings. The first-order chi connectivity index (χ1) is 27.8. The van der Waals surface area contributed by atoms with E-state index in [0.717, 1.165) is 35.6 Å². The molecule has 11 rings (SSSR count). The number of rotatable bonds is 6. The highest BCUT2D eigenvalue weighted by atomic mass is 15.1. The largest absolute Gasteiger partial charge is 0.310 e. The number of hydrogen-bond acceptors (Lipinski definition) is 1. The van der Waals surface area contributed by atoms with Crippen molar-refractivity contribution in [1.29, 1.82) is 0 Å². The molecule has 1 aliphatic carbocycles. The molecule has 1 heterocycles. The van der Waals surface area contributed by atoms with E-state index in [0.29, 0.717) is 0 Å². The maximum atomic E-state index is 2.44. The van der Waals surface area contributed by atoms with E-state index in [1.807, 2.05) is 0 Å². The van der Waals surface area contributed by atoms with Gasteiger partial charge in [0.2, 0.25) is 0 Å². The summed E-state index contributed by atoms with van der Waals surface area (Å²) < 4.78 is 2.44. The Morgan fingerprint density at radius 3 is 1.91 bits per heavy atom. The summed E-state index contributed by atoms with van der Waals surface area (Å²) >= 11 is 0. The molecule has 264 valence electrons. The zero-order valence-electron chi connectivity index (χ0n) is 30.9. The van der Waals surface area contributed by atoms with Crippen LogP contribution < -0.4 is 4.90 Å². The quantitative estimate of drug-likeness (QED) is 0.166. The Labute approximate surface area is 326 Å². The molecule has 0 N–H and O–H groups in total. The Bertz CT molecular complexity index is 3130. The summed E-state index contributed by atoms with van der Waals surface area (Å²) in [5, 5.41) is 7.55. The molecule has 0 radical (unpaired) electrons. The van der Waals surface area contributed by atoms with Gasteiger partial charge in [0.25, 0.3) is 0 Å². The number of anilines is 3. The molecule has 0 amide bonds. The predicted molar refractivity (Wildman–Crippen MR) is 239 cm³/mol. The second kappa shape index (κ2) is 13.3. The van der Waals surface area contributed by atoms with Gasteiger partial charge in [-0.3, -0.25) is 0 Å². The predicted octanol–water partition coefficient (Wildman–Crippen LogP) is 14.9. The molecule has 2 heteroatoms. The minimum absolute atomic E-state index is 1.03. The molecule has 0 unspecified atom stereocenters. The molecule has 9 aromatic carbocycles. The van der Waals surface area contributed by atoms with Crippen molar-refractivity contribution in [2.45, 2.75) is 12.8 Å². The van der Waals surface area contributed by atoms with Crippen LogP contribution in [0.5, 0.6) is 0 Å². The lowest BCUT2D eigenvalue weighted by Crippen LogP contribution is -2.11. The van der Waals surface area contributed by atoms with E-state index in [1.54, 1.807) is 0 Å². The zero-order chi connectivity index (χ0) is 37.0. The van der Waals surface area contributed by atoms with Crippen molar-refractivity contribution >= 4 is 66.5 Å². The Morgan fingerprint density at radius 1 is 0.429 bits per heavy atom. The van der Waals surface area contributed by atoms with Gasteiger partial charge < -0.3 is 9.47 Å². The first kappa shape index (κ1) is 32.3. The monoisotopic (exact) mass is 714 g/mol. The number of aromatic nitrogens is 1. The van der Waals surface area contributed by atoms with Crippen LogP contribution in [-0.2, 0) is 6.42 Å². The number of hydrogen-bond donors (Lipinski definition) is 0. The third kappa shape index (κ3) is 5.18. The minimum Gasteiger partial charge on any atom is -0.310 e. The van der Waals surface area contributed by atoms with Crippen LogP contribution in [0.25, 0.3) is 77.4 Å². The van der Waals surface area contributed by atoms with Crippen molar-refractivity contribution in [3.05, 3.63) is 211 Å². The summed E-state index contributed by atoms with van der Waals surface area (Å²) in [6, 6.07) is 70.9. The lowest BCUT2D eigenvalue weighted by molar-refractivity contribution is 0.991. The fourth-order valence-electron chi connectivity index (χ4n) is 9.22. The van der Waals surface area contributed by atoms with Crippen LogP contribution in [0.4, 0.5) is 17.1 Å². The summed E-state index contributed by atoms with van der Waals surface area (Å²) in [6.07, 6.45) is 6.81. The lowest BCUT2D eigenvalue weighted by atomic mass is 9.80. The molecule has 1 aliphatic rings. The minimum atomic E-state index is 1.03. The number of fused-ring (bicyclic) bond motifs is 6. The average molecular weight is 715 g/mol. The molecule has 0 bridgehead atoms. The van der Waals surface area contributed by atoms with Crippen LogP contribution in [0, 0.1) is 0 Å². The summed E-state index contributed by atoms with van der Waals surface area (Å²) in [7, 11) is 0. The van der Waals surface area contributed by atoms with Gasteiger partial charge in [-0.1, -0.05) is 152 Å². The first-order valence-electron chi connectivity index (χ1n) is 19.6. The molecule has 10 aromatic rings. The van der Waals surface area contributed by atoms with Crippen LogP contribution in [0.3, 0.4) is 0 Å². The average Bonchev–Trinajstić information content (AvgIpc) is 3.60. The molecular weight excluding hydrogens is 677 g/mol. The highest BCUT2D eigenvalue weighted by Gasteiger charge is 2.23. The molecule has 0 aliphatic heterocycles. The smallest absolute Gasteiger partial charge is 0.0541 e. The summed E-state index contributed by atoms with van der Waals surface area (Å²) in [5.41, 5.74) is 14.9. The summed E-state index contributed by atoms with van der Waals surface area (Å²) in [4.78, 5) is 2.39. The maximum Gasteiger partial charge on any atom is 0.0541 e. The summed E-state index contributed by atoms with van der Waals surface area (Å²) in [5.74, 6) is 0. The van der Waals surface area contributed by atoms with Crippen molar-refractivity contribution in [1.82, 2.24) is 4.57 Å². The Kier molecular flexibility index (Phi) is 7.67. The van der Waals surface area contributed by atoms with Gasteiger partial charge in [-0.05, 0) is 117 Å². The molecule has 1 aromatic heterocycles. The van der Waals surface area contributed by atoms with Gasteiger partial charge in [-0.25, -0.2) is 0 Å². The second-order valence-corrected chi connectivity index (χ2v) is 14.8. The zero-order valence-corrected chi connectivity index (χ0v) is 30.9. The number of nitrogens with zero attached hydrogens (tertiary/aromatic N) is 2. The van der Waals surface area contributed by atoms with Gasteiger partial charge in [0.05, 0.1) is 16.7 Å². The molecule has 56 heavy (non-hydrogen) atoms. The van der Waals surface area contributed by atoms with E-state index < -0.39 is 0 Å². The topological polar surface area (TPSA) is 8.17 Å². The van der Waals surface area contributed by atoms with Gasteiger partial charge in [0.1, 0.15) is 0 Å². The van der Waals surface area contributed by atoms with E-state index in [1.165, 1.54) is 76.7 Å². The van der Waals surface area contributed by atoms with Gasteiger partial charge in [-0.2, -0.15) is 0 Å². The van der Waals surface area contributed by atoms with E-state index in [2.05, 4.69) is 216 Å². The SMILES string of the molecule is C1=Cc2c(c(-c3ccccc3)c3ccccc3c2-c2ccc3c(c2)c2ccccc2n3-c2cccc(N(c3ccccc3)c3cccc4ccccc34)c2)CC1. The molecular formula is C54H38N2. The van der Waals surface area contributed by atoms with Crippen LogP contribution in [-0.4, -0.2) is 4.57 Å². The van der Waals surface area contributed by atoms with Crippen molar-refractivity contribution in [3.8, 4) is 27.9 Å². The lowest BCUT2D eigenvalue weighted by Gasteiger charge is -2.27. The van der Waals surface area contributed by atoms with E-state index >= 15 is 0 Å². The van der Waals surface area contributed by atoms with Gasteiger partial charge >= 0.3 is 0 Å². The van der Waals surface area contributed by atoms with Crippen molar-refractivity contribution in [2.24, 2.45) is 0 Å². The molecule has 0 saturated heterocycles. The van der Waals surface area contributed by atoms with Gasteiger partial charge in [0.15, 0.2) is 0 Å². The Balaban J connectivity index is 1.12. The maximum absolute atomic E-state index is 2.44. The van der Waals surface area contributed by atoms with Gasteiger partial charge in [0, 0.05) is 33.2 Å². The molecule has 0 atom stereocenters. The van der Waals surface area contributed by atoms with Crippen LogP contribution in [0.1, 0.15) is 17.5 Å². The highest BCUT2D eigenvalue weighted by Crippen LogP contribution is 2.46. The van der Waals surface area contributed by atoms with Crippen molar-refractivity contribution in [2.75, 3.05) is 4.90 Å². The fourth-order valence-corrected chi connectivity index (χ4v) is 9.22. The third-order valence-electron chi connectivity index (χ3n) is 11.6. The number of para-hydroxylation sites is 2. The van der Waals surface area contributed by atoms with Crippen molar-refractivity contribution < 1.29 is 0 Å². The fraction of sp³-hybridized carbons (Fsp3) is 0.0370. The Morgan fingerprint density at radius 2 is 1.07 bits per heavy atom. The highest BCUT2D eigenvalue weighted by molar-refractivity contribution is 6.14. The first-order valence-corrected chi connectivity index (χ1v) is 19.6. The van der Waals surface area contributed by atoms with Crippen molar-refractivity contribution in [3.63, 3.8) is 0 Å². The summed E-state index contributed by atoms with van der Waals surface area (Å²) in [6.45, 7) is 0. The normalized spacial score (nSPS) is 12.4. The van der Waals surface area contributed by atoms with E-state index in [4.69, 9.17) is 0 Å². The van der Waals surface area contributed by atoms with Gasteiger partial charge in [-0.15, -0.1) is 0 Å².